The van der Waals surface area contributed by atoms with Gasteiger partial charge >= 0.3 is 18.0 Å². The van der Waals surface area contributed by atoms with Gasteiger partial charge in [-0.1, -0.05) is 0 Å². The summed E-state index contributed by atoms with van der Waals surface area (Å²) in [5, 5.41) is 35.1. The third-order valence-electron chi connectivity index (χ3n) is 3.61. The molecule has 2 rings (SSSR count). The van der Waals surface area contributed by atoms with Crippen LogP contribution in [0.2, 0.25) is 0 Å². The van der Waals surface area contributed by atoms with Gasteiger partial charge in [0, 0.05) is 6.42 Å². The number of aliphatic carboxylic acids is 2. The largest absolute Gasteiger partial charge is 0.480 e. The molecule has 1 aromatic heterocycles. The smallest absolute Gasteiger partial charge is 0.328 e. The fraction of sp³-hybridized carbons (Fsp3) is 0.538. The molecule has 3 amide bonds. The summed E-state index contributed by atoms with van der Waals surface area (Å²) in [6.07, 6.45) is -1.16. The second-order valence-corrected chi connectivity index (χ2v) is 5.53. The molecule has 13 nitrogen and oxygen atoms in total. The third kappa shape index (κ3) is 4.24. The lowest BCUT2D eigenvalue weighted by Gasteiger charge is -2.17. The topological polar surface area (TPSA) is 195 Å². The Balaban J connectivity index is 1.96. The number of aliphatic hydroxyl groups excluding tert-OH is 1. The van der Waals surface area contributed by atoms with Crippen LogP contribution in [-0.2, 0) is 20.9 Å². The molecule has 0 saturated carbocycles. The summed E-state index contributed by atoms with van der Waals surface area (Å²) in [5.74, 6) is -3.43. The fourth-order valence-electron chi connectivity index (χ4n) is 2.32. The normalized spacial score (nSPS) is 19.1. The van der Waals surface area contributed by atoms with E-state index >= 15 is 0 Å². The Morgan fingerprint density at radius 2 is 2.08 bits per heavy atom. The van der Waals surface area contributed by atoms with Crippen LogP contribution >= 0.6 is 0 Å². The summed E-state index contributed by atoms with van der Waals surface area (Å²) in [6, 6.07) is -3.50. The van der Waals surface area contributed by atoms with Crippen LogP contribution in [0.4, 0.5) is 10.7 Å². The summed E-state index contributed by atoms with van der Waals surface area (Å²) >= 11 is 0. The number of anilines is 1. The summed E-state index contributed by atoms with van der Waals surface area (Å²) in [4.78, 5) is 50.3. The maximum Gasteiger partial charge on any atom is 0.328 e. The minimum atomic E-state index is -1.51. The van der Waals surface area contributed by atoms with Crippen molar-refractivity contribution in [2.24, 2.45) is 0 Å². The van der Waals surface area contributed by atoms with Gasteiger partial charge in [-0.15, -0.1) is 0 Å². The lowest BCUT2D eigenvalue weighted by molar-refractivity contribution is -0.142. The molecule has 1 saturated heterocycles. The van der Waals surface area contributed by atoms with Gasteiger partial charge in [0.15, 0.2) is 6.04 Å². The molecule has 3 atom stereocenters. The molecule has 0 radical (unpaired) electrons. The number of nitrogens with one attached hydrogen (secondary N) is 2. The van der Waals surface area contributed by atoms with E-state index < -0.39 is 42.1 Å². The van der Waals surface area contributed by atoms with E-state index in [1.165, 1.54) is 6.92 Å². The third-order valence-corrected chi connectivity index (χ3v) is 3.61. The van der Waals surface area contributed by atoms with Crippen LogP contribution in [0.1, 0.15) is 25.7 Å². The van der Waals surface area contributed by atoms with E-state index in [1.807, 2.05) is 5.32 Å². The molecule has 142 valence electrons. The molecule has 1 fully saturated rings. The van der Waals surface area contributed by atoms with Gasteiger partial charge in [-0.05, 0) is 18.5 Å². The Morgan fingerprint density at radius 3 is 2.65 bits per heavy atom. The second kappa shape index (κ2) is 7.77. The summed E-state index contributed by atoms with van der Waals surface area (Å²) in [7, 11) is 0. The van der Waals surface area contributed by atoms with Crippen molar-refractivity contribution < 1.29 is 39.0 Å². The number of aromatic nitrogens is 2. The lowest BCUT2D eigenvalue weighted by Crippen LogP contribution is -2.51. The predicted octanol–water partition coefficient (Wildman–Crippen LogP) is -1.72. The van der Waals surface area contributed by atoms with E-state index in [1.54, 1.807) is 0 Å². The van der Waals surface area contributed by atoms with Crippen LogP contribution < -0.4 is 15.5 Å². The number of aliphatic hydroxyl groups is 1. The minimum Gasteiger partial charge on any atom is -0.480 e. The fourth-order valence-corrected chi connectivity index (χ4v) is 2.32. The van der Waals surface area contributed by atoms with Gasteiger partial charge in [0.05, 0.1) is 12.6 Å². The zero-order valence-corrected chi connectivity index (χ0v) is 13.6. The van der Waals surface area contributed by atoms with E-state index in [0.29, 0.717) is 0 Å². The number of hydrogen-bond donors (Lipinski definition) is 5. The Kier molecular flexibility index (Phi) is 5.71. The van der Waals surface area contributed by atoms with Crippen LogP contribution in [0.3, 0.4) is 0 Å². The van der Waals surface area contributed by atoms with Gasteiger partial charge in [0.25, 0.3) is 5.95 Å². The summed E-state index contributed by atoms with van der Waals surface area (Å²) in [5.41, 5.74) is 0. The molecule has 0 spiro atoms. The first kappa shape index (κ1) is 19.1. The van der Waals surface area contributed by atoms with Gasteiger partial charge < -0.3 is 30.5 Å². The first-order valence-electron chi connectivity index (χ1n) is 7.53. The first-order chi connectivity index (χ1) is 12.2. The number of rotatable bonds is 7. The Labute approximate surface area is 146 Å². The van der Waals surface area contributed by atoms with E-state index in [2.05, 4.69) is 15.5 Å². The molecule has 5 N–H and O–H groups in total. The van der Waals surface area contributed by atoms with Crippen molar-refractivity contribution in [3.63, 3.8) is 0 Å². The van der Waals surface area contributed by atoms with E-state index in [-0.39, 0.29) is 31.2 Å². The highest BCUT2D eigenvalue weighted by Crippen LogP contribution is 2.24. The van der Waals surface area contributed by atoms with Crippen molar-refractivity contribution in [3.8, 4) is 0 Å². The quantitative estimate of drug-likeness (QED) is 0.368. The van der Waals surface area contributed by atoms with E-state index in [0.717, 1.165) is 4.90 Å². The second-order valence-electron chi connectivity index (χ2n) is 5.53. The summed E-state index contributed by atoms with van der Waals surface area (Å²) in [6.45, 7) is 0.903. The van der Waals surface area contributed by atoms with Crippen LogP contribution in [0.15, 0.2) is 4.52 Å². The maximum atomic E-state index is 11.8. The number of carbonyl (C=O) groups is 4. The highest BCUT2D eigenvalue weighted by molar-refractivity contribution is 6.00. The minimum absolute atomic E-state index is 0.0391. The molecule has 0 bridgehead atoms. The van der Waals surface area contributed by atoms with Gasteiger partial charge in [-0.3, -0.25) is 9.69 Å². The summed E-state index contributed by atoms with van der Waals surface area (Å²) < 4.78 is 4.85. The number of amides is 3. The molecular formula is C13H17N5O8. The number of hydrogen-bond acceptors (Lipinski definition) is 8. The number of urea groups is 1. The van der Waals surface area contributed by atoms with Crippen LogP contribution in [0, 0.1) is 0 Å². The van der Waals surface area contributed by atoms with Crippen molar-refractivity contribution >= 4 is 29.8 Å². The average Bonchev–Trinajstić information content (AvgIpc) is 3.16. The van der Waals surface area contributed by atoms with Gasteiger partial charge in [0.2, 0.25) is 11.8 Å². The Bertz CT molecular complexity index is 717. The number of carboxylic acid groups (broad SMARTS) is 2. The Morgan fingerprint density at radius 1 is 1.38 bits per heavy atom. The van der Waals surface area contributed by atoms with Gasteiger partial charge in [-0.2, -0.15) is 4.98 Å². The van der Waals surface area contributed by atoms with Crippen LogP contribution in [-0.4, -0.2) is 67.5 Å². The number of carbonyl (C=O) groups excluding carboxylic acids is 2. The number of carboxylic acids is 2. The molecule has 1 aromatic rings. The lowest BCUT2D eigenvalue weighted by atomic mass is 10.2. The predicted molar refractivity (Wildman–Crippen MR) is 80.9 cm³/mol. The molecule has 3 unspecified atom stereocenters. The molecule has 13 heteroatoms. The van der Waals surface area contributed by atoms with Crippen LogP contribution in [0.25, 0.3) is 0 Å². The van der Waals surface area contributed by atoms with Gasteiger partial charge in [0.1, 0.15) is 6.04 Å². The molecule has 1 aliphatic heterocycles. The molecular weight excluding hydrogens is 354 g/mol. The van der Waals surface area contributed by atoms with E-state index in [4.69, 9.17) is 14.7 Å². The standard InChI is InChI=1S/C13H17N5O8/c1-5(19)9(11(23)24)16-13(25)14-4-7-15-12(17-26-7)18-6(10(21)22)2-3-8(18)20/h5-6,9,19H,2-4H2,1H3,(H,21,22)(H,23,24)(H2,14,16,25). The zero-order chi connectivity index (χ0) is 19.4. The highest BCUT2D eigenvalue weighted by Gasteiger charge is 2.39. The highest BCUT2D eigenvalue weighted by atomic mass is 16.5. The maximum absolute atomic E-state index is 11.8. The monoisotopic (exact) mass is 371 g/mol. The molecule has 0 aromatic carbocycles. The average molecular weight is 371 g/mol. The molecule has 26 heavy (non-hydrogen) atoms. The zero-order valence-electron chi connectivity index (χ0n) is 13.6. The van der Waals surface area contributed by atoms with E-state index in [9.17, 15) is 24.3 Å². The first-order valence-corrected chi connectivity index (χ1v) is 7.53. The molecule has 0 aliphatic carbocycles. The van der Waals surface area contributed by atoms with Gasteiger partial charge in [-0.25, -0.2) is 14.4 Å². The van der Waals surface area contributed by atoms with Crippen molar-refractivity contribution in [3.05, 3.63) is 5.89 Å². The van der Waals surface area contributed by atoms with Crippen molar-refractivity contribution in [2.75, 3.05) is 4.90 Å². The Hall–Kier alpha value is -3.22. The van der Waals surface area contributed by atoms with Crippen LogP contribution in [0.5, 0.6) is 0 Å². The van der Waals surface area contributed by atoms with Crippen molar-refractivity contribution in [1.29, 1.82) is 0 Å². The molecule has 1 aliphatic rings. The number of nitrogens with zero attached hydrogens (tertiary/aromatic N) is 3. The van der Waals surface area contributed by atoms with Crippen molar-refractivity contribution in [1.82, 2.24) is 20.8 Å². The molecule has 2 heterocycles. The van der Waals surface area contributed by atoms with Crippen molar-refractivity contribution in [2.45, 2.75) is 44.5 Å². The SMILES string of the molecule is CC(O)C(NC(=O)NCc1nc(N2C(=O)CCC2C(=O)O)no1)C(=O)O.